The van der Waals surface area contributed by atoms with Crippen LogP contribution in [-0.4, -0.2) is 16.9 Å². The minimum absolute atomic E-state index is 0.00928. The van der Waals surface area contributed by atoms with Crippen LogP contribution in [0.3, 0.4) is 0 Å². The lowest BCUT2D eigenvalue weighted by Gasteiger charge is -2.20. The highest BCUT2D eigenvalue weighted by Gasteiger charge is 2.21. The van der Waals surface area contributed by atoms with Gasteiger partial charge >= 0.3 is 0 Å². The molecule has 1 saturated heterocycles. The van der Waals surface area contributed by atoms with E-state index in [1.165, 1.54) is 24.6 Å². The van der Waals surface area contributed by atoms with E-state index in [4.69, 9.17) is 5.73 Å². The summed E-state index contributed by atoms with van der Waals surface area (Å²) < 4.78 is 12.9. The third-order valence-corrected chi connectivity index (χ3v) is 4.11. The van der Waals surface area contributed by atoms with E-state index in [1.807, 2.05) is 0 Å². The molecule has 1 heterocycles. The van der Waals surface area contributed by atoms with E-state index >= 15 is 0 Å². The van der Waals surface area contributed by atoms with Crippen LogP contribution in [0.1, 0.15) is 19.3 Å². The standard InChI is InChI=1S/C12H15FN2OS/c13-9-5-4-8(7-10(9)14)15-12(16)11-3-1-2-6-17-11/h4-5,7,11H,1-3,6,14H2,(H,15,16). The van der Waals surface area contributed by atoms with Crippen molar-refractivity contribution < 1.29 is 9.18 Å². The molecule has 17 heavy (non-hydrogen) atoms. The maximum Gasteiger partial charge on any atom is 0.237 e. The highest BCUT2D eigenvalue weighted by atomic mass is 32.2. The summed E-state index contributed by atoms with van der Waals surface area (Å²) in [6.07, 6.45) is 3.18. The maximum absolute atomic E-state index is 12.9. The molecule has 1 aliphatic heterocycles. The first-order valence-electron chi connectivity index (χ1n) is 5.64. The van der Waals surface area contributed by atoms with Crippen molar-refractivity contribution in [3.05, 3.63) is 24.0 Å². The van der Waals surface area contributed by atoms with Crippen molar-refractivity contribution >= 4 is 29.0 Å². The van der Waals surface area contributed by atoms with Gasteiger partial charge in [-0.1, -0.05) is 6.42 Å². The van der Waals surface area contributed by atoms with E-state index in [2.05, 4.69) is 5.32 Å². The van der Waals surface area contributed by atoms with Crippen LogP contribution in [0.15, 0.2) is 18.2 Å². The van der Waals surface area contributed by atoms with Crippen molar-refractivity contribution in [2.75, 3.05) is 16.8 Å². The van der Waals surface area contributed by atoms with Crippen LogP contribution in [0.2, 0.25) is 0 Å². The number of nitrogens with one attached hydrogen (secondary N) is 1. The predicted octanol–water partition coefficient (Wildman–Crippen LogP) is 2.63. The summed E-state index contributed by atoms with van der Waals surface area (Å²) in [6.45, 7) is 0. The third-order valence-electron chi connectivity index (χ3n) is 2.74. The summed E-state index contributed by atoms with van der Waals surface area (Å²) in [7, 11) is 0. The largest absolute Gasteiger partial charge is 0.396 e. The van der Waals surface area contributed by atoms with Crippen molar-refractivity contribution in [2.24, 2.45) is 0 Å². The molecule has 2 rings (SSSR count). The molecule has 1 aromatic rings. The number of amides is 1. The number of hydrogen-bond donors (Lipinski definition) is 2. The first kappa shape index (κ1) is 12.2. The van der Waals surface area contributed by atoms with Crippen LogP contribution >= 0.6 is 11.8 Å². The number of carbonyl (C=O) groups excluding carboxylic acids is 1. The Kier molecular flexibility index (Phi) is 3.89. The first-order valence-corrected chi connectivity index (χ1v) is 6.69. The van der Waals surface area contributed by atoms with Crippen LogP contribution in [0, 0.1) is 5.82 Å². The predicted molar refractivity (Wildman–Crippen MR) is 69.5 cm³/mol. The number of hydrogen-bond acceptors (Lipinski definition) is 3. The van der Waals surface area contributed by atoms with E-state index < -0.39 is 5.82 Å². The monoisotopic (exact) mass is 254 g/mol. The van der Waals surface area contributed by atoms with Crippen LogP contribution in [-0.2, 0) is 4.79 Å². The molecule has 0 radical (unpaired) electrons. The summed E-state index contributed by atoms with van der Waals surface area (Å²) in [5.41, 5.74) is 6.05. The molecule has 0 bridgehead atoms. The van der Waals surface area contributed by atoms with Crippen LogP contribution in [0.25, 0.3) is 0 Å². The number of nitrogens with two attached hydrogens (primary N) is 1. The fraction of sp³-hybridized carbons (Fsp3) is 0.417. The Morgan fingerprint density at radius 3 is 2.94 bits per heavy atom. The van der Waals surface area contributed by atoms with E-state index in [0.717, 1.165) is 18.6 Å². The van der Waals surface area contributed by atoms with Gasteiger partial charge in [0.1, 0.15) is 5.82 Å². The number of anilines is 2. The Morgan fingerprint density at radius 2 is 2.29 bits per heavy atom. The van der Waals surface area contributed by atoms with Crippen LogP contribution < -0.4 is 11.1 Å². The Bertz CT molecular complexity index is 419. The maximum atomic E-state index is 12.9. The summed E-state index contributed by atoms with van der Waals surface area (Å²) in [4.78, 5) is 11.9. The first-order chi connectivity index (χ1) is 8.16. The number of rotatable bonds is 2. The Balaban J connectivity index is 1.99. The number of benzene rings is 1. The Morgan fingerprint density at radius 1 is 1.47 bits per heavy atom. The zero-order valence-corrected chi connectivity index (χ0v) is 10.2. The average molecular weight is 254 g/mol. The van der Waals surface area contributed by atoms with Gasteiger partial charge in [-0.15, -0.1) is 11.8 Å². The van der Waals surface area contributed by atoms with Crippen molar-refractivity contribution in [3.8, 4) is 0 Å². The molecule has 5 heteroatoms. The van der Waals surface area contributed by atoms with Gasteiger partial charge in [0.25, 0.3) is 0 Å². The number of carbonyl (C=O) groups is 1. The molecule has 1 aliphatic rings. The van der Waals surface area contributed by atoms with Gasteiger partial charge in [0.15, 0.2) is 0 Å². The van der Waals surface area contributed by atoms with E-state index in [0.29, 0.717) is 5.69 Å². The van der Waals surface area contributed by atoms with Gasteiger partial charge in [0, 0.05) is 5.69 Å². The second kappa shape index (κ2) is 5.40. The second-order valence-corrected chi connectivity index (χ2v) is 5.39. The highest BCUT2D eigenvalue weighted by molar-refractivity contribution is 8.00. The molecule has 1 amide bonds. The minimum Gasteiger partial charge on any atom is -0.396 e. The average Bonchev–Trinajstić information content (AvgIpc) is 2.35. The van der Waals surface area contributed by atoms with Crippen molar-refractivity contribution in [2.45, 2.75) is 24.5 Å². The zero-order valence-electron chi connectivity index (χ0n) is 9.41. The molecule has 92 valence electrons. The molecular formula is C12H15FN2OS. The number of nitrogen functional groups attached to an aromatic ring is 1. The quantitative estimate of drug-likeness (QED) is 0.798. The Labute approximate surface area is 104 Å². The summed E-state index contributed by atoms with van der Waals surface area (Å²) >= 11 is 1.68. The number of thioether (sulfide) groups is 1. The molecular weight excluding hydrogens is 239 g/mol. The Hall–Kier alpha value is -1.23. The normalized spacial score (nSPS) is 19.9. The smallest absolute Gasteiger partial charge is 0.237 e. The molecule has 0 saturated carbocycles. The van der Waals surface area contributed by atoms with E-state index in [9.17, 15) is 9.18 Å². The molecule has 1 fully saturated rings. The van der Waals surface area contributed by atoms with Gasteiger partial charge in [0.2, 0.25) is 5.91 Å². The molecule has 0 aromatic heterocycles. The lowest BCUT2D eigenvalue weighted by Crippen LogP contribution is -2.27. The molecule has 1 unspecified atom stereocenters. The molecule has 3 nitrogen and oxygen atoms in total. The van der Waals surface area contributed by atoms with Gasteiger partial charge in [-0.25, -0.2) is 4.39 Å². The van der Waals surface area contributed by atoms with E-state index in [1.54, 1.807) is 11.8 Å². The SMILES string of the molecule is Nc1cc(NC(=O)C2CCCCS2)ccc1F. The molecule has 0 spiro atoms. The lowest BCUT2D eigenvalue weighted by molar-refractivity contribution is -0.115. The van der Waals surface area contributed by atoms with Gasteiger partial charge in [0.05, 0.1) is 10.9 Å². The van der Waals surface area contributed by atoms with Gasteiger partial charge in [-0.3, -0.25) is 4.79 Å². The number of halogens is 1. The molecule has 1 atom stereocenters. The van der Waals surface area contributed by atoms with Crippen LogP contribution in [0.5, 0.6) is 0 Å². The summed E-state index contributed by atoms with van der Waals surface area (Å²) in [5.74, 6) is 0.555. The second-order valence-electron chi connectivity index (χ2n) is 4.08. The lowest BCUT2D eigenvalue weighted by atomic mass is 10.1. The summed E-state index contributed by atoms with van der Waals surface area (Å²) in [6, 6.07) is 4.23. The molecule has 0 aliphatic carbocycles. The molecule has 1 aromatic carbocycles. The highest BCUT2D eigenvalue weighted by Crippen LogP contribution is 2.26. The van der Waals surface area contributed by atoms with Crippen LogP contribution in [0.4, 0.5) is 15.8 Å². The van der Waals surface area contributed by atoms with Crippen molar-refractivity contribution in [3.63, 3.8) is 0 Å². The summed E-state index contributed by atoms with van der Waals surface area (Å²) in [5, 5.41) is 2.78. The van der Waals surface area contributed by atoms with Crippen molar-refractivity contribution in [1.82, 2.24) is 0 Å². The van der Waals surface area contributed by atoms with Gasteiger partial charge < -0.3 is 11.1 Å². The fourth-order valence-corrected chi connectivity index (χ4v) is 2.99. The third kappa shape index (κ3) is 3.12. The zero-order chi connectivity index (χ0) is 12.3. The topological polar surface area (TPSA) is 55.1 Å². The molecule has 3 N–H and O–H groups in total. The van der Waals surface area contributed by atoms with Gasteiger partial charge in [-0.05, 0) is 36.8 Å². The van der Waals surface area contributed by atoms with E-state index in [-0.39, 0.29) is 16.8 Å². The van der Waals surface area contributed by atoms with Crippen molar-refractivity contribution in [1.29, 1.82) is 0 Å². The minimum atomic E-state index is -0.463. The van der Waals surface area contributed by atoms with Gasteiger partial charge in [-0.2, -0.15) is 0 Å². The fourth-order valence-electron chi connectivity index (χ4n) is 1.79.